The molecule has 0 aliphatic heterocycles. The summed E-state index contributed by atoms with van der Waals surface area (Å²) in [5.41, 5.74) is 5.11. The summed E-state index contributed by atoms with van der Waals surface area (Å²) in [5, 5.41) is 9.42. The molecule has 0 saturated heterocycles. The molecular formula is C14H27NO2. The molecule has 0 radical (unpaired) electrons. The first-order chi connectivity index (χ1) is 8.14. The topological polar surface area (TPSA) is 63.3 Å². The molecule has 0 amide bonds. The standard InChI is InChI=1S/C14H27NO2/c1-2-3-4-5-6-9-14(11-15,13(16)17)10-12-7-8-12/h12H,2-11,15H2,1H3,(H,16,17). The second kappa shape index (κ2) is 7.00. The molecule has 0 aromatic rings. The van der Waals surface area contributed by atoms with E-state index in [0.29, 0.717) is 12.5 Å². The summed E-state index contributed by atoms with van der Waals surface area (Å²) >= 11 is 0. The fraction of sp³-hybridized carbons (Fsp3) is 0.929. The Morgan fingerprint density at radius 2 is 1.94 bits per heavy atom. The number of carbonyl (C=O) groups is 1. The third kappa shape index (κ3) is 4.66. The van der Waals surface area contributed by atoms with Gasteiger partial charge in [0.05, 0.1) is 5.41 Å². The molecule has 0 aromatic heterocycles. The van der Waals surface area contributed by atoms with E-state index in [2.05, 4.69) is 6.92 Å². The fourth-order valence-electron chi connectivity index (χ4n) is 2.51. The molecule has 0 aromatic carbocycles. The van der Waals surface area contributed by atoms with Crippen LogP contribution in [0.5, 0.6) is 0 Å². The first kappa shape index (κ1) is 14.5. The van der Waals surface area contributed by atoms with Crippen molar-refractivity contribution < 1.29 is 9.90 Å². The van der Waals surface area contributed by atoms with Crippen LogP contribution in [0.2, 0.25) is 0 Å². The zero-order chi connectivity index (χ0) is 12.7. The van der Waals surface area contributed by atoms with Crippen molar-refractivity contribution in [2.75, 3.05) is 6.54 Å². The minimum absolute atomic E-state index is 0.298. The zero-order valence-corrected chi connectivity index (χ0v) is 11.1. The zero-order valence-electron chi connectivity index (χ0n) is 11.1. The maximum Gasteiger partial charge on any atom is 0.310 e. The summed E-state index contributed by atoms with van der Waals surface area (Å²) in [6.45, 7) is 2.49. The van der Waals surface area contributed by atoms with Crippen molar-refractivity contribution in [1.29, 1.82) is 0 Å². The lowest BCUT2D eigenvalue weighted by Gasteiger charge is -2.28. The van der Waals surface area contributed by atoms with E-state index in [0.717, 1.165) is 25.7 Å². The van der Waals surface area contributed by atoms with E-state index in [-0.39, 0.29) is 0 Å². The normalized spacial score (nSPS) is 18.9. The monoisotopic (exact) mass is 241 g/mol. The quantitative estimate of drug-likeness (QED) is 0.577. The lowest BCUT2D eigenvalue weighted by molar-refractivity contribution is -0.149. The molecule has 0 heterocycles. The van der Waals surface area contributed by atoms with Gasteiger partial charge in [-0.2, -0.15) is 0 Å². The van der Waals surface area contributed by atoms with Crippen LogP contribution in [0.4, 0.5) is 0 Å². The predicted octanol–water partition coefficient (Wildman–Crippen LogP) is 3.18. The van der Waals surface area contributed by atoms with Crippen molar-refractivity contribution in [2.45, 2.75) is 64.7 Å². The second-order valence-corrected chi connectivity index (χ2v) is 5.60. The molecule has 100 valence electrons. The Morgan fingerprint density at radius 1 is 1.29 bits per heavy atom. The van der Waals surface area contributed by atoms with Crippen LogP contribution in [0.1, 0.15) is 64.7 Å². The Hall–Kier alpha value is -0.570. The van der Waals surface area contributed by atoms with Crippen LogP contribution in [-0.2, 0) is 4.79 Å². The number of rotatable bonds is 10. The molecule has 1 fully saturated rings. The highest BCUT2D eigenvalue weighted by Crippen LogP contribution is 2.42. The van der Waals surface area contributed by atoms with Crippen LogP contribution in [0.25, 0.3) is 0 Å². The number of hydrogen-bond acceptors (Lipinski definition) is 2. The van der Waals surface area contributed by atoms with Crippen LogP contribution >= 0.6 is 0 Å². The second-order valence-electron chi connectivity index (χ2n) is 5.60. The first-order valence-corrected chi connectivity index (χ1v) is 7.08. The van der Waals surface area contributed by atoms with Gasteiger partial charge in [-0.25, -0.2) is 0 Å². The lowest BCUT2D eigenvalue weighted by atomic mass is 9.78. The smallest absolute Gasteiger partial charge is 0.310 e. The summed E-state index contributed by atoms with van der Waals surface area (Å²) in [6.07, 6.45) is 9.82. The van der Waals surface area contributed by atoms with Gasteiger partial charge in [0, 0.05) is 6.54 Å². The van der Waals surface area contributed by atoms with E-state index >= 15 is 0 Å². The van der Waals surface area contributed by atoms with E-state index in [9.17, 15) is 9.90 Å². The van der Waals surface area contributed by atoms with Gasteiger partial charge < -0.3 is 10.8 Å². The van der Waals surface area contributed by atoms with Gasteiger partial charge in [0.2, 0.25) is 0 Å². The van der Waals surface area contributed by atoms with Gasteiger partial charge >= 0.3 is 5.97 Å². The Bertz CT molecular complexity index is 238. The average Bonchev–Trinajstić information content (AvgIpc) is 3.10. The summed E-state index contributed by atoms with van der Waals surface area (Å²) < 4.78 is 0. The molecule has 0 bridgehead atoms. The summed E-state index contributed by atoms with van der Waals surface area (Å²) in [4.78, 5) is 11.5. The van der Waals surface area contributed by atoms with Crippen LogP contribution in [0.3, 0.4) is 0 Å². The molecule has 1 aliphatic carbocycles. The molecule has 1 atom stereocenters. The van der Waals surface area contributed by atoms with Gasteiger partial charge in [0.25, 0.3) is 0 Å². The number of carboxylic acids is 1. The molecule has 1 unspecified atom stereocenters. The molecule has 1 aliphatic rings. The Balaban J connectivity index is 2.36. The number of unbranched alkanes of at least 4 members (excludes halogenated alkanes) is 4. The van der Waals surface area contributed by atoms with Gasteiger partial charge in [-0.3, -0.25) is 4.79 Å². The molecular weight excluding hydrogens is 214 g/mol. The summed E-state index contributed by atoms with van der Waals surface area (Å²) in [7, 11) is 0. The van der Waals surface area contributed by atoms with E-state index < -0.39 is 11.4 Å². The maximum absolute atomic E-state index is 11.5. The highest BCUT2D eigenvalue weighted by atomic mass is 16.4. The largest absolute Gasteiger partial charge is 0.481 e. The number of nitrogens with two attached hydrogens (primary N) is 1. The predicted molar refractivity (Wildman–Crippen MR) is 69.8 cm³/mol. The molecule has 0 spiro atoms. The van der Waals surface area contributed by atoms with E-state index in [1.165, 1.54) is 32.1 Å². The molecule has 3 N–H and O–H groups in total. The van der Waals surface area contributed by atoms with Crippen molar-refractivity contribution in [2.24, 2.45) is 17.1 Å². The van der Waals surface area contributed by atoms with Crippen LogP contribution < -0.4 is 5.73 Å². The Kier molecular flexibility index (Phi) is 5.96. The van der Waals surface area contributed by atoms with Gasteiger partial charge in [-0.15, -0.1) is 0 Å². The van der Waals surface area contributed by atoms with Crippen molar-refractivity contribution in [3.8, 4) is 0 Å². The highest BCUT2D eigenvalue weighted by Gasteiger charge is 2.41. The van der Waals surface area contributed by atoms with Crippen molar-refractivity contribution in [1.82, 2.24) is 0 Å². The molecule has 1 rings (SSSR count). The van der Waals surface area contributed by atoms with Crippen molar-refractivity contribution in [3.63, 3.8) is 0 Å². The molecule has 1 saturated carbocycles. The van der Waals surface area contributed by atoms with Crippen LogP contribution in [0, 0.1) is 11.3 Å². The van der Waals surface area contributed by atoms with Crippen LogP contribution in [-0.4, -0.2) is 17.6 Å². The fourth-order valence-corrected chi connectivity index (χ4v) is 2.51. The van der Waals surface area contributed by atoms with Gasteiger partial charge in [0.15, 0.2) is 0 Å². The van der Waals surface area contributed by atoms with Crippen molar-refractivity contribution in [3.05, 3.63) is 0 Å². The SMILES string of the molecule is CCCCCCCC(CN)(CC1CC1)C(=O)O. The molecule has 3 heteroatoms. The number of carboxylic acid groups (broad SMARTS) is 1. The first-order valence-electron chi connectivity index (χ1n) is 7.08. The van der Waals surface area contributed by atoms with E-state index in [1.807, 2.05) is 0 Å². The summed E-state index contributed by atoms with van der Waals surface area (Å²) in [5.74, 6) is -0.0484. The third-order valence-corrected chi connectivity index (χ3v) is 3.98. The molecule has 17 heavy (non-hydrogen) atoms. The minimum Gasteiger partial charge on any atom is -0.481 e. The lowest BCUT2D eigenvalue weighted by Crippen LogP contribution is -2.39. The van der Waals surface area contributed by atoms with E-state index in [1.54, 1.807) is 0 Å². The maximum atomic E-state index is 11.5. The summed E-state index contributed by atoms with van der Waals surface area (Å²) in [6, 6.07) is 0. The third-order valence-electron chi connectivity index (χ3n) is 3.98. The molecule has 3 nitrogen and oxygen atoms in total. The van der Waals surface area contributed by atoms with E-state index in [4.69, 9.17) is 5.73 Å². The van der Waals surface area contributed by atoms with Crippen LogP contribution in [0.15, 0.2) is 0 Å². The Morgan fingerprint density at radius 3 is 2.41 bits per heavy atom. The number of aliphatic carboxylic acids is 1. The van der Waals surface area contributed by atoms with Gasteiger partial charge in [-0.05, 0) is 18.8 Å². The highest BCUT2D eigenvalue weighted by molar-refractivity contribution is 5.75. The van der Waals surface area contributed by atoms with Gasteiger partial charge in [-0.1, -0.05) is 51.9 Å². The van der Waals surface area contributed by atoms with Crippen molar-refractivity contribution >= 4 is 5.97 Å². The van der Waals surface area contributed by atoms with Gasteiger partial charge in [0.1, 0.15) is 0 Å². The Labute approximate surface area is 105 Å². The minimum atomic E-state index is -0.678. The average molecular weight is 241 g/mol. The number of hydrogen-bond donors (Lipinski definition) is 2.